The van der Waals surface area contributed by atoms with Gasteiger partial charge in [0.2, 0.25) is 0 Å². The van der Waals surface area contributed by atoms with Crippen LogP contribution in [-0.2, 0) is 16.3 Å². The van der Waals surface area contributed by atoms with Crippen LogP contribution < -0.4 is 10.2 Å². The Hall–Kier alpha value is -0.660. The van der Waals surface area contributed by atoms with Crippen LogP contribution in [0.4, 0.5) is 5.13 Å². The van der Waals surface area contributed by atoms with Crippen LogP contribution in [0.1, 0.15) is 29.5 Å². The van der Waals surface area contributed by atoms with Gasteiger partial charge in [-0.3, -0.25) is 0 Å². The molecule has 1 N–H and O–H groups in total. The molecule has 5 nitrogen and oxygen atoms in total. The standard InChI is InChI=1S/C12H19N3O2S2/c1-13-9-3-2-4-10-11(9)14-12(18-10)15-5-7-19(16,17)8-6-15/h9,13H,2-8H2,1H3. The summed E-state index contributed by atoms with van der Waals surface area (Å²) in [5.41, 5.74) is 1.18. The molecule has 1 saturated heterocycles. The first-order chi connectivity index (χ1) is 9.09. The Kier molecular flexibility index (Phi) is 3.53. The third-order valence-corrected chi connectivity index (χ3v) is 6.71. The third-order valence-electron chi connectivity index (χ3n) is 3.91. The van der Waals surface area contributed by atoms with Crippen LogP contribution in [-0.4, -0.2) is 45.0 Å². The summed E-state index contributed by atoms with van der Waals surface area (Å²) in [7, 11) is -0.840. The number of sulfone groups is 1. The van der Waals surface area contributed by atoms with E-state index in [2.05, 4.69) is 10.2 Å². The summed E-state index contributed by atoms with van der Waals surface area (Å²) in [5.74, 6) is 0.513. The third kappa shape index (κ3) is 2.64. The second-order valence-electron chi connectivity index (χ2n) is 5.18. The molecule has 19 heavy (non-hydrogen) atoms. The van der Waals surface area contributed by atoms with Crippen molar-refractivity contribution in [3.8, 4) is 0 Å². The Balaban J connectivity index is 1.81. The van der Waals surface area contributed by atoms with E-state index in [1.54, 1.807) is 11.3 Å². The number of aromatic nitrogens is 1. The van der Waals surface area contributed by atoms with Crippen LogP contribution in [0.3, 0.4) is 0 Å². The molecule has 1 atom stereocenters. The van der Waals surface area contributed by atoms with Gasteiger partial charge >= 0.3 is 0 Å². The summed E-state index contributed by atoms with van der Waals surface area (Å²) in [6, 6.07) is 0.363. The fourth-order valence-corrected chi connectivity index (χ4v) is 5.14. The zero-order valence-electron chi connectivity index (χ0n) is 11.1. The van der Waals surface area contributed by atoms with E-state index in [4.69, 9.17) is 4.98 Å². The van der Waals surface area contributed by atoms with Gasteiger partial charge in [0.25, 0.3) is 0 Å². The van der Waals surface area contributed by atoms with E-state index in [0.29, 0.717) is 19.1 Å². The minimum Gasteiger partial charge on any atom is -0.346 e. The van der Waals surface area contributed by atoms with E-state index >= 15 is 0 Å². The highest BCUT2D eigenvalue weighted by molar-refractivity contribution is 7.91. The highest BCUT2D eigenvalue weighted by Crippen LogP contribution is 2.36. The lowest BCUT2D eigenvalue weighted by Crippen LogP contribution is -2.40. The summed E-state index contributed by atoms with van der Waals surface area (Å²) < 4.78 is 22.9. The molecule has 1 aromatic heterocycles. The summed E-state index contributed by atoms with van der Waals surface area (Å²) in [6.45, 7) is 1.16. The van der Waals surface area contributed by atoms with Crippen LogP contribution >= 0.6 is 11.3 Å². The second-order valence-corrected chi connectivity index (χ2v) is 8.54. The van der Waals surface area contributed by atoms with Gasteiger partial charge in [0.1, 0.15) is 0 Å². The number of fused-ring (bicyclic) bond motifs is 1. The fourth-order valence-electron chi connectivity index (χ4n) is 2.73. The molecule has 3 rings (SSSR count). The average Bonchev–Trinajstić information content (AvgIpc) is 2.82. The molecule has 0 bridgehead atoms. The lowest BCUT2D eigenvalue weighted by Gasteiger charge is -2.26. The minimum atomic E-state index is -2.82. The first-order valence-electron chi connectivity index (χ1n) is 6.71. The Labute approximate surface area is 117 Å². The second kappa shape index (κ2) is 5.03. The predicted octanol–water partition coefficient (Wildman–Crippen LogP) is 0.975. The van der Waals surface area contributed by atoms with Crippen LogP contribution in [0, 0.1) is 0 Å². The topological polar surface area (TPSA) is 62.3 Å². The molecule has 1 aromatic rings. The average molecular weight is 301 g/mol. The van der Waals surface area contributed by atoms with E-state index in [1.165, 1.54) is 17.0 Å². The number of rotatable bonds is 2. The van der Waals surface area contributed by atoms with Gasteiger partial charge in [-0.15, -0.1) is 11.3 Å². The van der Waals surface area contributed by atoms with Gasteiger partial charge in [-0.2, -0.15) is 0 Å². The van der Waals surface area contributed by atoms with Gasteiger partial charge in [-0.25, -0.2) is 13.4 Å². The molecule has 2 heterocycles. The highest BCUT2D eigenvalue weighted by Gasteiger charge is 2.28. The quantitative estimate of drug-likeness (QED) is 0.882. The van der Waals surface area contributed by atoms with Crippen molar-refractivity contribution >= 4 is 26.3 Å². The molecule has 0 saturated carbocycles. The van der Waals surface area contributed by atoms with Crippen molar-refractivity contribution < 1.29 is 8.42 Å². The molecule has 2 aliphatic rings. The number of thiazole rings is 1. The van der Waals surface area contributed by atoms with Crippen molar-refractivity contribution in [2.45, 2.75) is 25.3 Å². The maximum absolute atomic E-state index is 11.5. The normalized spacial score (nSPS) is 26.2. The number of anilines is 1. The lowest BCUT2D eigenvalue weighted by molar-refractivity contribution is 0.489. The van der Waals surface area contributed by atoms with Gasteiger partial charge in [0.15, 0.2) is 15.0 Å². The first kappa shape index (κ1) is 13.3. The zero-order valence-corrected chi connectivity index (χ0v) is 12.7. The van der Waals surface area contributed by atoms with Crippen molar-refractivity contribution in [3.63, 3.8) is 0 Å². The van der Waals surface area contributed by atoms with E-state index in [-0.39, 0.29) is 11.5 Å². The smallest absolute Gasteiger partial charge is 0.185 e. The number of aryl methyl sites for hydroxylation is 1. The summed E-state index contributed by atoms with van der Waals surface area (Å²) in [4.78, 5) is 8.25. The number of hydrogen-bond acceptors (Lipinski definition) is 6. The maximum atomic E-state index is 11.5. The van der Waals surface area contributed by atoms with E-state index in [1.807, 2.05) is 7.05 Å². The van der Waals surface area contributed by atoms with Crippen LogP contribution in [0.2, 0.25) is 0 Å². The Morgan fingerprint density at radius 1 is 1.37 bits per heavy atom. The molecular weight excluding hydrogens is 282 g/mol. The number of nitrogens with zero attached hydrogens (tertiary/aromatic N) is 2. The fraction of sp³-hybridized carbons (Fsp3) is 0.750. The highest BCUT2D eigenvalue weighted by atomic mass is 32.2. The van der Waals surface area contributed by atoms with Crippen molar-refractivity contribution in [3.05, 3.63) is 10.6 Å². The predicted molar refractivity (Wildman–Crippen MR) is 77.7 cm³/mol. The van der Waals surface area contributed by atoms with Crippen LogP contribution in [0.25, 0.3) is 0 Å². The number of nitrogens with one attached hydrogen (secondary N) is 1. The maximum Gasteiger partial charge on any atom is 0.185 e. The van der Waals surface area contributed by atoms with Crippen LogP contribution in [0.15, 0.2) is 0 Å². The first-order valence-corrected chi connectivity index (χ1v) is 9.35. The number of hydrogen-bond donors (Lipinski definition) is 1. The molecule has 0 radical (unpaired) electrons. The largest absolute Gasteiger partial charge is 0.346 e. The Bertz CT molecular complexity index is 554. The molecule has 1 unspecified atom stereocenters. The van der Waals surface area contributed by atoms with Gasteiger partial charge in [-0.05, 0) is 26.3 Å². The molecule has 0 amide bonds. The van der Waals surface area contributed by atoms with Crippen molar-refractivity contribution in [1.29, 1.82) is 0 Å². The molecule has 1 fully saturated rings. The summed E-state index contributed by atoms with van der Waals surface area (Å²) >= 11 is 1.74. The summed E-state index contributed by atoms with van der Waals surface area (Å²) in [6.07, 6.45) is 3.45. The lowest BCUT2D eigenvalue weighted by atomic mass is 9.98. The Morgan fingerprint density at radius 3 is 2.79 bits per heavy atom. The SMILES string of the molecule is CNC1CCCc2sc(N3CCS(=O)(=O)CC3)nc21. The van der Waals surface area contributed by atoms with E-state index in [0.717, 1.165) is 18.0 Å². The van der Waals surface area contributed by atoms with Crippen molar-refractivity contribution in [2.24, 2.45) is 0 Å². The van der Waals surface area contributed by atoms with Crippen LogP contribution in [0.5, 0.6) is 0 Å². The van der Waals surface area contributed by atoms with Gasteiger partial charge in [0, 0.05) is 18.0 Å². The molecule has 0 aromatic carbocycles. The molecular formula is C12H19N3O2S2. The summed E-state index contributed by atoms with van der Waals surface area (Å²) in [5, 5.41) is 4.32. The van der Waals surface area contributed by atoms with Gasteiger partial charge < -0.3 is 10.2 Å². The molecule has 0 spiro atoms. The van der Waals surface area contributed by atoms with Crippen molar-refractivity contribution in [2.75, 3.05) is 36.5 Å². The van der Waals surface area contributed by atoms with Crippen molar-refractivity contribution in [1.82, 2.24) is 10.3 Å². The van der Waals surface area contributed by atoms with Gasteiger partial charge in [-0.1, -0.05) is 0 Å². The van der Waals surface area contributed by atoms with E-state index < -0.39 is 9.84 Å². The zero-order chi connectivity index (χ0) is 13.5. The van der Waals surface area contributed by atoms with E-state index in [9.17, 15) is 8.42 Å². The monoisotopic (exact) mass is 301 g/mol. The molecule has 1 aliphatic heterocycles. The molecule has 106 valence electrons. The molecule has 1 aliphatic carbocycles. The minimum absolute atomic E-state index is 0.257. The van der Waals surface area contributed by atoms with Gasteiger partial charge in [0.05, 0.1) is 23.2 Å². The Morgan fingerprint density at radius 2 is 2.11 bits per heavy atom. The molecule has 7 heteroatoms.